The van der Waals surface area contributed by atoms with Crippen LogP contribution < -0.4 is 4.90 Å². The fourth-order valence-electron chi connectivity index (χ4n) is 4.33. The number of rotatable bonds is 6. The molecule has 2 saturated heterocycles. The molecule has 0 radical (unpaired) electrons. The fourth-order valence-corrected chi connectivity index (χ4v) is 5.19. The van der Waals surface area contributed by atoms with Crippen LogP contribution in [-0.2, 0) is 17.0 Å². The Balaban J connectivity index is 1.36. The summed E-state index contributed by atoms with van der Waals surface area (Å²) in [6.45, 7) is 6.17. The van der Waals surface area contributed by atoms with Gasteiger partial charge in [0.2, 0.25) is 5.95 Å². The topological polar surface area (TPSA) is 56.1 Å². The molecule has 0 spiro atoms. The van der Waals surface area contributed by atoms with E-state index < -0.39 is 0 Å². The van der Waals surface area contributed by atoms with Gasteiger partial charge in [-0.2, -0.15) is 0 Å². The average molecular weight is 424 g/mol. The molecule has 0 saturated carbocycles. The van der Waals surface area contributed by atoms with Gasteiger partial charge in [0.15, 0.2) is 5.16 Å². The van der Waals surface area contributed by atoms with Crippen LogP contribution in [-0.4, -0.2) is 45.5 Å². The summed E-state index contributed by atoms with van der Waals surface area (Å²) in [5.41, 5.74) is 2.24. The number of anilines is 1. The van der Waals surface area contributed by atoms with Gasteiger partial charge in [0, 0.05) is 37.0 Å². The number of pyridine rings is 1. The number of hydrogen-bond donors (Lipinski definition) is 0. The quantitative estimate of drug-likeness (QED) is 0.543. The number of aromatic nitrogens is 4. The maximum Gasteiger partial charge on any atom is 0.228 e. The SMILES string of the molecule is CC1CCN(c2nnc(SCc3cnc4ccccc4c3)n2C[C@H]2CCCO2)CC1. The second-order valence-corrected chi connectivity index (χ2v) is 9.47. The molecule has 0 amide bonds. The van der Waals surface area contributed by atoms with Crippen LogP contribution in [0.2, 0.25) is 0 Å². The Morgan fingerprint density at radius 3 is 2.83 bits per heavy atom. The summed E-state index contributed by atoms with van der Waals surface area (Å²) in [5.74, 6) is 2.64. The Labute approximate surface area is 182 Å². The molecule has 6 nitrogen and oxygen atoms in total. The number of thioether (sulfide) groups is 1. The van der Waals surface area contributed by atoms with Crippen LogP contribution in [0.1, 0.15) is 38.2 Å². The van der Waals surface area contributed by atoms with Gasteiger partial charge >= 0.3 is 0 Å². The van der Waals surface area contributed by atoms with Crippen LogP contribution in [0.3, 0.4) is 0 Å². The van der Waals surface area contributed by atoms with Crippen LogP contribution in [0.4, 0.5) is 5.95 Å². The fraction of sp³-hybridized carbons (Fsp3) is 0.522. The van der Waals surface area contributed by atoms with Gasteiger partial charge in [-0.15, -0.1) is 10.2 Å². The lowest BCUT2D eigenvalue weighted by atomic mass is 10.00. The molecule has 0 aliphatic carbocycles. The Kier molecular flexibility index (Phi) is 5.91. The van der Waals surface area contributed by atoms with Crippen molar-refractivity contribution in [3.63, 3.8) is 0 Å². The Morgan fingerprint density at radius 2 is 2.00 bits per heavy atom. The van der Waals surface area contributed by atoms with Gasteiger partial charge in [-0.05, 0) is 49.3 Å². The van der Waals surface area contributed by atoms with E-state index in [1.807, 2.05) is 12.3 Å². The molecular formula is C23H29N5OS. The summed E-state index contributed by atoms with van der Waals surface area (Å²) in [6, 6.07) is 10.5. The number of benzene rings is 1. The largest absolute Gasteiger partial charge is 0.376 e. The Morgan fingerprint density at radius 1 is 1.13 bits per heavy atom. The van der Waals surface area contributed by atoms with E-state index in [1.165, 1.54) is 23.8 Å². The van der Waals surface area contributed by atoms with Crippen LogP contribution >= 0.6 is 11.8 Å². The number of nitrogens with zero attached hydrogens (tertiary/aromatic N) is 5. The maximum atomic E-state index is 5.94. The summed E-state index contributed by atoms with van der Waals surface area (Å²) in [4.78, 5) is 7.01. The molecule has 1 aromatic carbocycles. The van der Waals surface area contributed by atoms with Gasteiger partial charge in [0.1, 0.15) is 0 Å². The van der Waals surface area contributed by atoms with Crippen molar-refractivity contribution in [1.29, 1.82) is 0 Å². The zero-order valence-corrected chi connectivity index (χ0v) is 18.4. The molecule has 3 aromatic rings. The first kappa shape index (κ1) is 19.8. The van der Waals surface area contributed by atoms with Crippen molar-refractivity contribution < 1.29 is 4.74 Å². The van der Waals surface area contributed by atoms with Gasteiger partial charge in [0.25, 0.3) is 0 Å². The third-order valence-corrected chi connectivity index (χ3v) is 7.23. The van der Waals surface area contributed by atoms with E-state index in [4.69, 9.17) is 4.74 Å². The number of hydrogen-bond acceptors (Lipinski definition) is 6. The first-order valence-corrected chi connectivity index (χ1v) is 12.0. The zero-order valence-electron chi connectivity index (χ0n) is 17.5. The van der Waals surface area contributed by atoms with E-state index in [2.05, 4.69) is 55.8 Å². The van der Waals surface area contributed by atoms with Gasteiger partial charge < -0.3 is 9.64 Å². The summed E-state index contributed by atoms with van der Waals surface area (Å²) in [5, 5.41) is 11.4. The maximum absolute atomic E-state index is 5.94. The lowest BCUT2D eigenvalue weighted by Gasteiger charge is -2.31. The second-order valence-electron chi connectivity index (χ2n) is 8.52. The molecule has 4 heterocycles. The van der Waals surface area contributed by atoms with Gasteiger partial charge in [-0.25, -0.2) is 0 Å². The average Bonchev–Trinajstić information content (AvgIpc) is 3.43. The van der Waals surface area contributed by atoms with Gasteiger partial charge in [-0.3, -0.25) is 9.55 Å². The van der Waals surface area contributed by atoms with E-state index in [-0.39, 0.29) is 6.10 Å². The first-order valence-electron chi connectivity index (χ1n) is 11.0. The molecule has 0 N–H and O–H groups in total. The highest BCUT2D eigenvalue weighted by atomic mass is 32.2. The predicted molar refractivity (Wildman–Crippen MR) is 121 cm³/mol. The summed E-state index contributed by atoms with van der Waals surface area (Å²) < 4.78 is 8.23. The van der Waals surface area contributed by atoms with Crippen LogP contribution in [0.25, 0.3) is 10.9 Å². The molecule has 0 bridgehead atoms. The molecule has 2 fully saturated rings. The van der Waals surface area contributed by atoms with Gasteiger partial charge in [0.05, 0.1) is 18.2 Å². The van der Waals surface area contributed by atoms with Gasteiger partial charge in [-0.1, -0.05) is 36.9 Å². The smallest absolute Gasteiger partial charge is 0.228 e. The van der Waals surface area contributed by atoms with E-state index >= 15 is 0 Å². The molecule has 2 aliphatic heterocycles. The van der Waals surface area contributed by atoms with Crippen molar-refractivity contribution in [2.45, 2.75) is 56.2 Å². The number of fused-ring (bicyclic) bond motifs is 1. The highest BCUT2D eigenvalue weighted by Crippen LogP contribution is 2.30. The number of ether oxygens (including phenoxy) is 1. The molecule has 0 unspecified atom stereocenters. The molecule has 2 aromatic heterocycles. The monoisotopic (exact) mass is 423 g/mol. The summed E-state index contributed by atoms with van der Waals surface area (Å²) in [6.07, 6.45) is 6.95. The molecule has 158 valence electrons. The number of piperidine rings is 1. The molecule has 7 heteroatoms. The molecule has 2 aliphatic rings. The minimum absolute atomic E-state index is 0.269. The lowest BCUT2D eigenvalue weighted by molar-refractivity contribution is 0.0951. The van der Waals surface area contributed by atoms with Crippen molar-refractivity contribution >= 4 is 28.6 Å². The van der Waals surface area contributed by atoms with E-state index in [0.717, 1.165) is 67.4 Å². The van der Waals surface area contributed by atoms with Crippen molar-refractivity contribution in [3.8, 4) is 0 Å². The minimum Gasteiger partial charge on any atom is -0.376 e. The third-order valence-electron chi connectivity index (χ3n) is 6.19. The van der Waals surface area contributed by atoms with Crippen LogP contribution in [0, 0.1) is 5.92 Å². The lowest BCUT2D eigenvalue weighted by Crippen LogP contribution is -2.35. The van der Waals surface area contributed by atoms with Crippen molar-refractivity contribution in [2.24, 2.45) is 5.92 Å². The highest BCUT2D eigenvalue weighted by Gasteiger charge is 2.26. The summed E-state index contributed by atoms with van der Waals surface area (Å²) in [7, 11) is 0. The van der Waals surface area contributed by atoms with E-state index in [1.54, 1.807) is 11.8 Å². The van der Waals surface area contributed by atoms with Crippen LogP contribution in [0.5, 0.6) is 0 Å². The molecule has 1 atom stereocenters. The standard InChI is InChI=1S/C23H29N5OS/c1-17-8-10-27(11-9-17)22-25-26-23(28(22)15-20-6-4-12-29-20)30-16-18-13-19-5-2-3-7-21(19)24-14-18/h2-3,5,7,13-14,17,20H,4,6,8-12,15-16H2,1H3/t20-/m1/s1. The summed E-state index contributed by atoms with van der Waals surface area (Å²) >= 11 is 1.74. The molecule has 30 heavy (non-hydrogen) atoms. The van der Waals surface area contributed by atoms with Crippen molar-refractivity contribution in [2.75, 3.05) is 24.6 Å². The second kappa shape index (κ2) is 8.94. The van der Waals surface area contributed by atoms with Crippen LogP contribution in [0.15, 0.2) is 41.7 Å². The Bertz CT molecular complexity index is 992. The normalized spacial score (nSPS) is 20.3. The molecular weight excluding hydrogens is 394 g/mol. The minimum atomic E-state index is 0.269. The molecule has 5 rings (SSSR count). The van der Waals surface area contributed by atoms with Crippen molar-refractivity contribution in [3.05, 3.63) is 42.1 Å². The highest BCUT2D eigenvalue weighted by molar-refractivity contribution is 7.98. The first-order chi connectivity index (χ1) is 14.8. The Hall–Kier alpha value is -2.12. The van der Waals surface area contributed by atoms with Crippen molar-refractivity contribution in [1.82, 2.24) is 19.7 Å². The van der Waals surface area contributed by atoms with E-state index in [0.29, 0.717) is 0 Å². The zero-order chi connectivity index (χ0) is 20.3. The number of para-hydroxylation sites is 1. The predicted octanol–water partition coefficient (Wildman–Crippen LogP) is 4.53. The third kappa shape index (κ3) is 4.32. The van der Waals surface area contributed by atoms with E-state index in [9.17, 15) is 0 Å².